The molecule has 0 bridgehead atoms. The number of rotatable bonds is 0. The van der Waals surface area contributed by atoms with E-state index < -0.39 is 16.1 Å². The third-order valence-corrected chi connectivity index (χ3v) is 4.14. The van der Waals surface area contributed by atoms with Crippen LogP contribution in [0.15, 0.2) is 18.2 Å². The molecule has 0 nitrogen and oxygen atoms in total. The van der Waals surface area contributed by atoms with Crippen molar-refractivity contribution < 1.29 is 0 Å². The van der Waals surface area contributed by atoms with Crippen molar-refractivity contribution in [3.05, 3.63) is 34.9 Å². The van der Waals surface area contributed by atoms with Crippen LogP contribution in [0.2, 0.25) is 39.3 Å². The van der Waals surface area contributed by atoms with Gasteiger partial charge in [0.05, 0.1) is 0 Å². The van der Waals surface area contributed by atoms with Crippen molar-refractivity contribution in [1.29, 1.82) is 0 Å². The number of hydrogen-bond donors (Lipinski definition) is 0. The summed E-state index contributed by atoms with van der Waals surface area (Å²) in [6.07, 6.45) is 0. The highest BCUT2D eigenvalue weighted by molar-refractivity contribution is 6.84. The van der Waals surface area contributed by atoms with Crippen LogP contribution in [0.3, 0.4) is 0 Å². The average molecular weight is 285 g/mol. The average Bonchev–Trinajstić information content (AvgIpc) is 2.24. The lowest BCUT2D eigenvalue weighted by molar-refractivity contribution is 1.42. The molecule has 0 aliphatic carbocycles. The van der Waals surface area contributed by atoms with E-state index in [1.807, 2.05) is 0 Å². The molecule has 0 aromatic heterocycles. The van der Waals surface area contributed by atoms with Crippen molar-refractivity contribution in [2.75, 3.05) is 0 Å². The van der Waals surface area contributed by atoms with E-state index in [9.17, 15) is 0 Å². The molecule has 0 aliphatic heterocycles. The molecule has 0 aliphatic rings. The lowest BCUT2D eigenvalue weighted by Crippen LogP contribution is -2.16. The number of benzene rings is 1. The minimum atomic E-state index is -1.32. The maximum absolute atomic E-state index is 3.43. The van der Waals surface area contributed by atoms with E-state index >= 15 is 0 Å². The van der Waals surface area contributed by atoms with E-state index in [4.69, 9.17) is 0 Å². The van der Waals surface area contributed by atoms with Gasteiger partial charge in [0.1, 0.15) is 16.1 Å². The van der Waals surface area contributed by atoms with Gasteiger partial charge in [0.2, 0.25) is 0 Å². The maximum Gasteiger partial charge on any atom is 0.129 e. The molecule has 0 atom stereocenters. The fraction of sp³-hybridized carbons (Fsp3) is 0.412. The molecule has 1 aromatic rings. The second-order valence-corrected chi connectivity index (χ2v) is 16.5. The fourth-order valence-electron chi connectivity index (χ4n) is 1.35. The summed E-state index contributed by atoms with van der Waals surface area (Å²) in [4.78, 5) is 0. The topological polar surface area (TPSA) is 0 Å². The molecule has 100 valence electrons. The SMILES string of the molecule is Cc1ccc(C#C[Si](C)(C)C)cc1C#C[Si](C)(C)C. The molecule has 1 rings (SSSR count). The Balaban J connectivity index is 3.13. The summed E-state index contributed by atoms with van der Waals surface area (Å²) >= 11 is 0. The molecular formula is C17H24Si2. The van der Waals surface area contributed by atoms with Gasteiger partial charge in [-0.1, -0.05) is 57.2 Å². The second kappa shape index (κ2) is 5.82. The zero-order valence-electron chi connectivity index (χ0n) is 13.2. The van der Waals surface area contributed by atoms with Crippen LogP contribution in [0.4, 0.5) is 0 Å². The molecule has 19 heavy (non-hydrogen) atoms. The van der Waals surface area contributed by atoms with Crippen molar-refractivity contribution in [3.63, 3.8) is 0 Å². The Hall–Kier alpha value is -1.23. The van der Waals surface area contributed by atoms with Crippen molar-refractivity contribution >= 4 is 16.1 Å². The summed E-state index contributed by atoms with van der Waals surface area (Å²) in [5.74, 6) is 6.65. The quantitative estimate of drug-likeness (QED) is 0.487. The van der Waals surface area contributed by atoms with Crippen molar-refractivity contribution in [3.8, 4) is 22.9 Å². The first-order chi connectivity index (χ1) is 8.57. The predicted octanol–water partition coefficient (Wildman–Crippen LogP) is 4.45. The zero-order valence-corrected chi connectivity index (χ0v) is 15.2. The molecule has 2 heteroatoms. The van der Waals surface area contributed by atoms with Gasteiger partial charge in [-0.15, -0.1) is 11.1 Å². The van der Waals surface area contributed by atoms with E-state index in [-0.39, 0.29) is 0 Å². The van der Waals surface area contributed by atoms with Gasteiger partial charge < -0.3 is 0 Å². The number of aryl methyl sites for hydroxylation is 1. The van der Waals surface area contributed by atoms with Crippen LogP contribution in [0.25, 0.3) is 0 Å². The Kier molecular flexibility index (Phi) is 4.85. The van der Waals surface area contributed by atoms with Crippen LogP contribution in [-0.2, 0) is 0 Å². The Morgan fingerprint density at radius 3 is 1.84 bits per heavy atom. The normalized spacial score (nSPS) is 11.1. The molecule has 0 saturated carbocycles. The molecule has 0 fully saturated rings. The Morgan fingerprint density at radius 1 is 0.789 bits per heavy atom. The van der Waals surface area contributed by atoms with Gasteiger partial charge in [0.25, 0.3) is 0 Å². The molecule has 0 radical (unpaired) electrons. The van der Waals surface area contributed by atoms with E-state index in [0.29, 0.717) is 0 Å². The molecule has 0 heterocycles. The second-order valence-electron chi connectivity index (χ2n) is 7.03. The maximum atomic E-state index is 3.43. The van der Waals surface area contributed by atoms with Gasteiger partial charge in [-0.3, -0.25) is 0 Å². The highest BCUT2D eigenvalue weighted by Gasteiger charge is 2.09. The van der Waals surface area contributed by atoms with E-state index in [2.05, 4.69) is 87.3 Å². The minimum absolute atomic E-state index is 1.09. The monoisotopic (exact) mass is 284 g/mol. The van der Waals surface area contributed by atoms with Crippen LogP contribution < -0.4 is 0 Å². The molecule has 0 spiro atoms. The van der Waals surface area contributed by atoms with Crippen LogP contribution >= 0.6 is 0 Å². The summed E-state index contributed by atoms with van der Waals surface area (Å²) in [6.45, 7) is 15.7. The summed E-state index contributed by atoms with van der Waals surface area (Å²) in [6, 6.07) is 6.36. The summed E-state index contributed by atoms with van der Waals surface area (Å²) < 4.78 is 0. The van der Waals surface area contributed by atoms with Crippen LogP contribution in [0, 0.1) is 29.9 Å². The van der Waals surface area contributed by atoms with Crippen molar-refractivity contribution in [2.45, 2.75) is 46.2 Å². The lowest BCUT2D eigenvalue weighted by atomic mass is 10.1. The third kappa shape index (κ3) is 6.48. The zero-order chi connectivity index (χ0) is 14.7. The highest BCUT2D eigenvalue weighted by Crippen LogP contribution is 2.10. The van der Waals surface area contributed by atoms with Crippen LogP contribution in [-0.4, -0.2) is 16.1 Å². The Bertz CT molecular complexity index is 576. The summed E-state index contributed by atoms with van der Waals surface area (Å²) in [5, 5.41) is 0. The Labute approximate surface area is 120 Å². The van der Waals surface area contributed by atoms with Gasteiger partial charge in [-0.2, -0.15) is 0 Å². The summed E-state index contributed by atoms with van der Waals surface area (Å²) in [5.41, 5.74) is 10.3. The van der Waals surface area contributed by atoms with Crippen LogP contribution in [0.1, 0.15) is 16.7 Å². The standard InChI is InChI=1S/C17H24Si2/c1-15-8-9-16(10-12-18(2,3)4)14-17(15)11-13-19(5,6)7/h8-9,14H,1-7H3. The Morgan fingerprint density at radius 2 is 1.32 bits per heavy atom. The van der Waals surface area contributed by atoms with Crippen molar-refractivity contribution in [1.82, 2.24) is 0 Å². The smallest absolute Gasteiger partial charge is 0.127 e. The van der Waals surface area contributed by atoms with E-state index in [0.717, 1.165) is 11.1 Å². The molecule has 0 amide bonds. The van der Waals surface area contributed by atoms with Gasteiger partial charge in [-0.05, 0) is 24.6 Å². The van der Waals surface area contributed by atoms with Gasteiger partial charge in [0, 0.05) is 11.1 Å². The minimum Gasteiger partial charge on any atom is -0.127 e. The van der Waals surface area contributed by atoms with Gasteiger partial charge in [0.15, 0.2) is 0 Å². The van der Waals surface area contributed by atoms with Gasteiger partial charge >= 0.3 is 0 Å². The first kappa shape index (κ1) is 15.8. The lowest BCUT2D eigenvalue weighted by Gasteiger charge is -2.05. The van der Waals surface area contributed by atoms with Crippen LogP contribution in [0.5, 0.6) is 0 Å². The van der Waals surface area contributed by atoms with Crippen molar-refractivity contribution in [2.24, 2.45) is 0 Å². The van der Waals surface area contributed by atoms with E-state index in [1.54, 1.807) is 0 Å². The molecule has 0 N–H and O–H groups in total. The predicted molar refractivity (Wildman–Crippen MR) is 91.6 cm³/mol. The molecular weight excluding hydrogens is 260 g/mol. The molecule has 0 unspecified atom stereocenters. The largest absolute Gasteiger partial charge is 0.129 e. The molecule has 0 saturated heterocycles. The number of hydrogen-bond acceptors (Lipinski definition) is 0. The first-order valence-electron chi connectivity index (χ1n) is 6.74. The van der Waals surface area contributed by atoms with E-state index in [1.165, 1.54) is 5.56 Å². The first-order valence-corrected chi connectivity index (χ1v) is 13.7. The highest BCUT2D eigenvalue weighted by atomic mass is 28.3. The third-order valence-electron chi connectivity index (χ3n) is 2.39. The summed E-state index contributed by atoms with van der Waals surface area (Å²) in [7, 11) is -2.63. The molecule has 1 aromatic carbocycles. The fourth-order valence-corrected chi connectivity index (χ4v) is 2.38. The van der Waals surface area contributed by atoms with Gasteiger partial charge in [-0.25, -0.2) is 0 Å².